The van der Waals surface area contributed by atoms with Crippen molar-refractivity contribution in [3.05, 3.63) is 11.1 Å². The number of rotatable bonds is 4. The fourth-order valence-corrected chi connectivity index (χ4v) is 2.92. The first kappa shape index (κ1) is 10.6. The highest BCUT2D eigenvalue weighted by Crippen LogP contribution is 2.62. The van der Waals surface area contributed by atoms with Crippen LogP contribution in [0, 0.1) is 11.3 Å². The van der Waals surface area contributed by atoms with E-state index in [1.54, 1.807) is 0 Å². The highest BCUT2D eigenvalue weighted by molar-refractivity contribution is 6.28. The predicted octanol–water partition coefficient (Wildman–Crippen LogP) is 3.25. The maximum atomic E-state index is 6.14. The Kier molecular flexibility index (Phi) is 2.29. The van der Waals surface area contributed by atoms with Gasteiger partial charge in [0.25, 0.3) is 0 Å². The van der Waals surface area contributed by atoms with Crippen LogP contribution in [-0.2, 0) is 6.54 Å². The third-order valence-electron chi connectivity index (χ3n) is 4.06. The molecule has 0 bridgehead atoms. The Morgan fingerprint density at radius 1 is 1.38 bits per heavy atom. The Morgan fingerprint density at radius 2 is 2.06 bits per heavy atom. The Hall–Kier alpha value is -0.570. The van der Waals surface area contributed by atoms with Gasteiger partial charge in [0.2, 0.25) is 5.28 Å². The molecule has 1 aromatic rings. The highest BCUT2D eigenvalue weighted by atomic mass is 35.5. The summed E-state index contributed by atoms with van der Waals surface area (Å²) in [5, 5.41) is 8.76. The van der Waals surface area contributed by atoms with Crippen LogP contribution in [0.1, 0.15) is 51.3 Å². The van der Waals surface area contributed by atoms with Crippen molar-refractivity contribution in [2.24, 2.45) is 11.3 Å². The topological polar surface area (TPSA) is 30.7 Å². The van der Waals surface area contributed by atoms with Crippen molar-refractivity contribution < 1.29 is 0 Å². The highest BCUT2D eigenvalue weighted by Gasteiger charge is 2.54. The Labute approximate surface area is 101 Å². The summed E-state index contributed by atoms with van der Waals surface area (Å²) in [5.74, 6) is 2.39. The molecule has 0 atom stereocenters. The summed E-state index contributed by atoms with van der Waals surface area (Å²) in [6.07, 6.45) is 5.56. The first-order valence-electron chi connectivity index (χ1n) is 6.21. The first-order valence-corrected chi connectivity index (χ1v) is 6.59. The lowest BCUT2D eigenvalue weighted by Crippen LogP contribution is -2.16. The Balaban J connectivity index is 1.85. The summed E-state index contributed by atoms with van der Waals surface area (Å²) in [7, 11) is 0. The molecule has 2 aliphatic carbocycles. The molecule has 0 aliphatic heterocycles. The van der Waals surface area contributed by atoms with Gasteiger partial charge in [-0.3, -0.25) is 0 Å². The van der Waals surface area contributed by atoms with Gasteiger partial charge in [-0.1, -0.05) is 13.8 Å². The largest absolute Gasteiger partial charge is 0.301 e. The minimum atomic E-state index is 0.398. The van der Waals surface area contributed by atoms with Crippen LogP contribution in [0.25, 0.3) is 0 Å². The maximum absolute atomic E-state index is 6.14. The van der Waals surface area contributed by atoms with Crippen molar-refractivity contribution in [2.45, 2.75) is 52.0 Å². The fourth-order valence-electron chi connectivity index (χ4n) is 2.73. The average molecular weight is 240 g/mol. The van der Waals surface area contributed by atoms with E-state index in [-0.39, 0.29) is 0 Å². The van der Waals surface area contributed by atoms with Crippen molar-refractivity contribution in [1.82, 2.24) is 14.8 Å². The third kappa shape index (κ3) is 1.65. The third-order valence-corrected chi connectivity index (χ3v) is 4.34. The van der Waals surface area contributed by atoms with Crippen LogP contribution in [0.15, 0.2) is 0 Å². The van der Waals surface area contributed by atoms with Gasteiger partial charge >= 0.3 is 0 Å². The van der Waals surface area contributed by atoms with Crippen LogP contribution < -0.4 is 0 Å². The molecule has 2 saturated carbocycles. The van der Waals surface area contributed by atoms with Gasteiger partial charge in [0.1, 0.15) is 5.82 Å². The number of hydrogen-bond donors (Lipinski definition) is 0. The van der Waals surface area contributed by atoms with Gasteiger partial charge in [0, 0.05) is 12.5 Å². The molecule has 1 heterocycles. The van der Waals surface area contributed by atoms with Crippen molar-refractivity contribution in [3.8, 4) is 0 Å². The average Bonchev–Trinajstić information content (AvgIpc) is 3.09. The van der Waals surface area contributed by atoms with Gasteiger partial charge in [-0.05, 0) is 48.6 Å². The van der Waals surface area contributed by atoms with Crippen LogP contribution >= 0.6 is 11.6 Å². The summed E-state index contributed by atoms with van der Waals surface area (Å²) in [5.41, 5.74) is 0.551. The van der Waals surface area contributed by atoms with E-state index in [0.717, 1.165) is 18.3 Å². The SMILES string of the molecule is CC(C)c1nnc(Cl)n1CC1(C2CC2)CC1. The number of hydrogen-bond acceptors (Lipinski definition) is 2. The first-order chi connectivity index (χ1) is 7.62. The molecule has 3 nitrogen and oxygen atoms in total. The van der Waals surface area contributed by atoms with E-state index in [4.69, 9.17) is 11.6 Å². The van der Waals surface area contributed by atoms with Gasteiger partial charge in [-0.15, -0.1) is 10.2 Å². The summed E-state index contributed by atoms with van der Waals surface area (Å²) in [6, 6.07) is 0. The van der Waals surface area contributed by atoms with Gasteiger partial charge in [-0.25, -0.2) is 0 Å². The molecule has 88 valence electrons. The normalized spacial score (nSPS) is 22.8. The van der Waals surface area contributed by atoms with Crippen LogP contribution in [0.5, 0.6) is 0 Å². The summed E-state index contributed by atoms with van der Waals surface area (Å²) in [4.78, 5) is 0. The van der Waals surface area contributed by atoms with E-state index in [2.05, 4.69) is 28.6 Å². The summed E-state index contributed by atoms with van der Waals surface area (Å²) >= 11 is 6.14. The number of nitrogens with zero attached hydrogens (tertiary/aromatic N) is 3. The molecule has 0 unspecified atom stereocenters. The van der Waals surface area contributed by atoms with Gasteiger partial charge in [0.05, 0.1) is 0 Å². The number of halogens is 1. The van der Waals surface area contributed by atoms with Crippen molar-refractivity contribution in [2.75, 3.05) is 0 Å². The minimum Gasteiger partial charge on any atom is -0.301 e. The fraction of sp³-hybridized carbons (Fsp3) is 0.833. The van der Waals surface area contributed by atoms with Crippen LogP contribution in [0.2, 0.25) is 5.28 Å². The van der Waals surface area contributed by atoms with E-state index >= 15 is 0 Å². The lowest BCUT2D eigenvalue weighted by Gasteiger charge is -2.17. The van der Waals surface area contributed by atoms with Gasteiger partial charge < -0.3 is 4.57 Å². The van der Waals surface area contributed by atoms with Crippen molar-refractivity contribution in [1.29, 1.82) is 0 Å². The molecule has 4 heteroatoms. The second-order valence-electron chi connectivity index (χ2n) is 5.70. The zero-order valence-corrected chi connectivity index (χ0v) is 10.7. The zero-order chi connectivity index (χ0) is 11.3. The lowest BCUT2D eigenvalue weighted by atomic mass is 10.0. The monoisotopic (exact) mass is 239 g/mol. The molecule has 0 N–H and O–H groups in total. The second-order valence-corrected chi connectivity index (χ2v) is 6.04. The van der Waals surface area contributed by atoms with Crippen LogP contribution in [-0.4, -0.2) is 14.8 Å². The Bertz CT molecular complexity index is 402. The molecule has 0 spiro atoms. The molecule has 2 fully saturated rings. The van der Waals surface area contributed by atoms with E-state index < -0.39 is 0 Å². The van der Waals surface area contributed by atoms with E-state index in [1.165, 1.54) is 25.7 Å². The van der Waals surface area contributed by atoms with Gasteiger partial charge in [0.15, 0.2) is 0 Å². The maximum Gasteiger partial charge on any atom is 0.225 e. The molecular formula is C12H18ClN3. The van der Waals surface area contributed by atoms with E-state index in [0.29, 0.717) is 16.6 Å². The molecule has 0 radical (unpaired) electrons. The number of aromatic nitrogens is 3. The molecular weight excluding hydrogens is 222 g/mol. The van der Waals surface area contributed by atoms with Crippen LogP contribution in [0.3, 0.4) is 0 Å². The predicted molar refractivity (Wildman–Crippen MR) is 63.5 cm³/mol. The molecule has 0 saturated heterocycles. The molecule has 16 heavy (non-hydrogen) atoms. The molecule has 0 amide bonds. The molecule has 3 rings (SSSR count). The summed E-state index contributed by atoms with van der Waals surface area (Å²) < 4.78 is 2.14. The van der Waals surface area contributed by atoms with Crippen molar-refractivity contribution in [3.63, 3.8) is 0 Å². The smallest absolute Gasteiger partial charge is 0.225 e. The second kappa shape index (κ2) is 3.46. The molecule has 1 aromatic heterocycles. The molecule has 0 aromatic carbocycles. The van der Waals surface area contributed by atoms with E-state index in [1.807, 2.05) is 0 Å². The van der Waals surface area contributed by atoms with Crippen molar-refractivity contribution >= 4 is 11.6 Å². The lowest BCUT2D eigenvalue weighted by molar-refractivity contribution is 0.361. The quantitative estimate of drug-likeness (QED) is 0.808. The standard InChI is InChI=1S/C12H18ClN3/c1-8(2)10-14-15-11(13)16(10)7-12(5-6-12)9-3-4-9/h8-9H,3-7H2,1-2H3. The molecule has 2 aliphatic rings. The minimum absolute atomic E-state index is 0.398. The van der Waals surface area contributed by atoms with Crippen LogP contribution in [0.4, 0.5) is 0 Å². The zero-order valence-electron chi connectivity index (χ0n) is 9.91. The summed E-state index contributed by atoms with van der Waals surface area (Å²) in [6.45, 7) is 5.33. The Morgan fingerprint density at radius 3 is 2.56 bits per heavy atom. The van der Waals surface area contributed by atoms with Gasteiger partial charge in [-0.2, -0.15) is 0 Å². The van der Waals surface area contributed by atoms with E-state index in [9.17, 15) is 0 Å².